The van der Waals surface area contributed by atoms with Crippen LogP contribution in [-0.4, -0.2) is 53.4 Å². The zero-order valence-corrected chi connectivity index (χ0v) is 17.1. The van der Waals surface area contributed by atoms with Crippen LogP contribution in [0.2, 0.25) is 5.15 Å². The first-order valence-corrected chi connectivity index (χ1v) is 10.7. The van der Waals surface area contributed by atoms with E-state index in [0.717, 1.165) is 39.0 Å². The molecule has 2 fully saturated rings. The van der Waals surface area contributed by atoms with Crippen molar-refractivity contribution in [2.75, 3.05) is 32.7 Å². The van der Waals surface area contributed by atoms with Crippen molar-refractivity contribution in [3.8, 4) is 0 Å². The zero-order chi connectivity index (χ0) is 19.4. The minimum Gasteiger partial charge on any atom is -0.338 e. The Morgan fingerprint density at radius 1 is 1.11 bits per heavy atom. The molecule has 2 saturated heterocycles. The summed E-state index contributed by atoms with van der Waals surface area (Å²) in [5, 5.41) is 0.377. The fourth-order valence-electron chi connectivity index (χ4n) is 4.81. The lowest BCUT2D eigenvalue weighted by Crippen LogP contribution is -2.45. The van der Waals surface area contributed by atoms with Crippen molar-refractivity contribution in [1.29, 1.82) is 0 Å². The van der Waals surface area contributed by atoms with Gasteiger partial charge in [0.05, 0.1) is 0 Å². The van der Waals surface area contributed by atoms with Gasteiger partial charge < -0.3 is 9.80 Å². The summed E-state index contributed by atoms with van der Waals surface area (Å²) in [6.45, 7) is 5.15. The molecule has 2 aliphatic rings. The number of halogens is 1. The average molecular weight is 398 g/mol. The summed E-state index contributed by atoms with van der Waals surface area (Å²) in [4.78, 5) is 21.5. The van der Waals surface area contributed by atoms with Crippen LogP contribution in [0, 0.1) is 5.41 Å². The number of amides is 1. The Morgan fingerprint density at radius 2 is 1.96 bits per heavy atom. The zero-order valence-electron chi connectivity index (χ0n) is 16.3. The van der Waals surface area contributed by atoms with Crippen LogP contribution in [0.5, 0.6) is 0 Å². The minimum atomic E-state index is 0.0855. The van der Waals surface area contributed by atoms with Crippen LogP contribution in [-0.2, 0) is 6.42 Å². The Labute approximate surface area is 172 Å². The highest BCUT2D eigenvalue weighted by Crippen LogP contribution is 2.39. The van der Waals surface area contributed by atoms with Gasteiger partial charge in [-0.1, -0.05) is 41.9 Å². The summed E-state index contributed by atoms with van der Waals surface area (Å²) >= 11 is 5.96. The SMILES string of the molecule is O=C(c1ccnc(Cl)c1)N1CCC2(CCCN(CCCc3ccccc3)C2)C1. The maximum atomic E-state index is 12.9. The molecule has 148 valence electrons. The fourth-order valence-corrected chi connectivity index (χ4v) is 4.99. The number of piperidine rings is 1. The van der Waals surface area contributed by atoms with E-state index in [9.17, 15) is 4.79 Å². The number of carbonyl (C=O) groups is 1. The molecule has 5 heteroatoms. The molecule has 28 heavy (non-hydrogen) atoms. The van der Waals surface area contributed by atoms with Gasteiger partial charge in [0.1, 0.15) is 5.15 Å². The van der Waals surface area contributed by atoms with E-state index in [0.29, 0.717) is 10.7 Å². The number of aryl methyl sites for hydroxylation is 1. The van der Waals surface area contributed by atoms with Crippen LogP contribution in [0.4, 0.5) is 0 Å². The van der Waals surface area contributed by atoms with E-state index in [4.69, 9.17) is 11.6 Å². The smallest absolute Gasteiger partial charge is 0.254 e. The second-order valence-electron chi connectivity index (χ2n) is 8.31. The van der Waals surface area contributed by atoms with Crippen molar-refractivity contribution >= 4 is 17.5 Å². The van der Waals surface area contributed by atoms with Crippen molar-refractivity contribution in [1.82, 2.24) is 14.8 Å². The van der Waals surface area contributed by atoms with Gasteiger partial charge in [-0.2, -0.15) is 0 Å². The van der Waals surface area contributed by atoms with Crippen LogP contribution in [0.25, 0.3) is 0 Å². The molecular formula is C23H28ClN3O. The van der Waals surface area contributed by atoms with Gasteiger partial charge in [0.2, 0.25) is 0 Å². The van der Waals surface area contributed by atoms with Crippen molar-refractivity contribution in [2.45, 2.75) is 32.1 Å². The molecule has 2 aromatic rings. The largest absolute Gasteiger partial charge is 0.338 e. The molecule has 4 nitrogen and oxygen atoms in total. The molecule has 0 radical (unpaired) electrons. The Bertz CT molecular complexity index is 813. The lowest BCUT2D eigenvalue weighted by molar-refractivity contribution is 0.0688. The fraction of sp³-hybridized carbons (Fsp3) is 0.478. The van der Waals surface area contributed by atoms with E-state index in [-0.39, 0.29) is 11.3 Å². The van der Waals surface area contributed by atoms with Gasteiger partial charge in [-0.3, -0.25) is 4.79 Å². The maximum absolute atomic E-state index is 12.9. The van der Waals surface area contributed by atoms with Gasteiger partial charge in [0, 0.05) is 36.8 Å². The molecule has 1 aromatic carbocycles. The van der Waals surface area contributed by atoms with Crippen molar-refractivity contribution in [2.24, 2.45) is 5.41 Å². The number of hydrogen-bond donors (Lipinski definition) is 0. The van der Waals surface area contributed by atoms with Crippen molar-refractivity contribution in [3.63, 3.8) is 0 Å². The standard InChI is InChI=1S/C23H28ClN3O/c24-21-16-20(9-12-25-21)22(28)27-15-11-23(18-27)10-5-14-26(17-23)13-4-8-19-6-2-1-3-7-19/h1-3,6-7,9,12,16H,4-5,8,10-11,13-15,17-18H2. The molecule has 2 aliphatic heterocycles. The number of benzene rings is 1. The van der Waals surface area contributed by atoms with Crippen LogP contribution < -0.4 is 0 Å². The van der Waals surface area contributed by atoms with E-state index in [1.54, 1.807) is 18.3 Å². The Balaban J connectivity index is 1.32. The van der Waals surface area contributed by atoms with Gasteiger partial charge in [0.15, 0.2) is 0 Å². The number of carbonyl (C=O) groups excluding carboxylic acids is 1. The lowest BCUT2D eigenvalue weighted by Gasteiger charge is -2.40. The first-order chi connectivity index (χ1) is 13.6. The third kappa shape index (κ3) is 4.56. The summed E-state index contributed by atoms with van der Waals surface area (Å²) in [6.07, 6.45) is 7.50. The van der Waals surface area contributed by atoms with Crippen LogP contribution in [0.3, 0.4) is 0 Å². The second kappa shape index (κ2) is 8.62. The minimum absolute atomic E-state index is 0.0855. The molecule has 0 bridgehead atoms. The normalized spacial score (nSPS) is 22.7. The molecule has 3 heterocycles. The quantitative estimate of drug-likeness (QED) is 0.706. The Hall–Kier alpha value is -1.91. The monoisotopic (exact) mass is 397 g/mol. The topological polar surface area (TPSA) is 36.4 Å². The van der Waals surface area contributed by atoms with E-state index >= 15 is 0 Å². The van der Waals surface area contributed by atoms with Crippen LogP contribution >= 0.6 is 11.6 Å². The highest BCUT2D eigenvalue weighted by atomic mass is 35.5. The number of likely N-dealkylation sites (tertiary alicyclic amines) is 2. The summed E-state index contributed by atoms with van der Waals surface area (Å²) in [6, 6.07) is 14.2. The third-order valence-electron chi connectivity index (χ3n) is 6.22. The molecule has 1 spiro atoms. The van der Waals surface area contributed by atoms with Crippen LogP contribution in [0.1, 0.15) is 41.6 Å². The van der Waals surface area contributed by atoms with Gasteiger partial charge in [-0.05, 0) is 62.9 Å². The van der Waals surface area contributed by atoms with Gasteiger partial charge in [-0.15, -0.1) is 0 Å². The molecule has 1 atom stereocenters. The summed E-state index contributed by atoms with van der Waals surface area (Å²) < 4.78 is 0. The molecular weight excluding hydrogens is 370 g/mol. The number of aromatic nitrogens is 1. The first-order valence-electron chi connectivity index (χ1n) is 10.3. The predicted molar refractivity (Wildman–Crippen MR) is 113 cm³/mol. The summed E-state index contributed by atoms with van der Waals surface area (Å²) in [5.74, 6) is 0.0855. The lowest BCUT2D eigenvalue weighted by atomic mass is 9.79. The summed E-state index contributed by atoms with van der Waals surface area (Å²) in [7, 11) is 0. The maximum Gasteiger partial charge on any atom is 0.254 e. The second-order valence-corrected chi connectivity index (χ2v) is 8.70. The average Bonchev–Trinajstić information content (AvgIpc) is 3.11. The molecule has 1 amide bonds. The Kier molecular flexibility index (Phi) is 5.98. The number of nitrogens with zero attached hydrogens (tertiary/aromatic N) is 3. The first kappa shape index (κ1) is 19.4. The predicted octanol–water partition coefficient (Wildman–Crippen LogP) is 4.30. The van der Waals surface area contributed by atoms with Gasteiger partial charge in [-0.25, -0.2) is 4.98 Å². The van der Waals surface area contributed by atoms with E-state index < -0.39 is 0 Å². The molecule has 0 saturated carbocycles. The van der Waals surface area contributed by atoms with Crippen molar-refractivity contribution in [3.05, 3.63) is 64.9 Å². The van der Waals surface area contributed by atoms with Crippen molar-refractivity contribution < 1.29 is 4.79 Å². The Morgan fingerprint density at radius 3 is 2.79 bits per heavy atom. The number of pyridine rings is 1. The van der Waals surface area contributed by atoms with E-state index in [2.05, 4.69) is 40.2 Å². The van der Waals surface area contributed by atoms with Crippen LogP contribution in [0.15, 0.2) is 48.7 Å². The molecule has 1 aromatic heterocycles. The summed E-state index contributed by atoms with van der Waals surface area (Å²) in [5.41, 5.74) is 2.33. The van der Waals surface area contributed by atoms with E-state index in [1.165, 1.54) is 31.4 Å². The highest BCUT2D eigenvalue weighted by Gasteiger charge is 2.42. The van der Waals surface area contributed by atoms with E-state index in [1.807, 2.05) is 4.90 Å². The third-order valence-corrected chi connectivity index (χ3v) is 6.43. The molecule has 1 unspecified atom stereocenters. The van der Waals surface area contributed by atoms with Gasteiger partial charge >= 0.3 is 0 Å². The molecule has 0 aliphatic carbocycles. The number of hydrogen-bond acceptors (Lipinski definition) is 3. The number of rotatable bonds is 5. The van der Waals surface area contributed by atoms with Gasteiger partial charge in [0.25, 0.3) is 5.91 Å². The molecule has 4 rings (SSSR count). The molecule has 0 N–H and O–H groups in total. The highest BCUT2D eigenvalue weighted by molar-refractivity contribution is 6.29.